The van der Waals surface area contributed by atoms with Gasteiger partial charge in [-0.15, -0.1) is 24.0 Å². The second kappa shape index (κ2) is 3.99. The standard InChI is InChI=1S/C11H15NS2/c1-7(2)12-11-10(13)8-5-3-4-6-9(8)14-11/h12-13H,1,3-6H2,2H3. The summed E-state index contributed by atoms with van der Waals surface area (Å²) in [6.07, 6.45) is 5.06. The van der Waals surface area contributed by atoms with E-state index in [1.807, 2.05) is 18.3 Å². The second-order valence-electron chi connectivity index (χ2n) is 3.79. The monoisotopic (exact) mass is 225 g/mol. The Kier molecular flexibility index (Phi) is 2.88. The van der Waals surface area contributed by atoms with Crippen molar-refractivity contribution in [2.24, 2.45) is 0 Å². The number of rotatable bonds is 2. The van der Waals surface area contributed by atoms with E-state index in [9.17, 15) is 0 Å². The highest BCUT2D eigenvalue weighted by Crippen LogP contribution is 2.40. The fourth-order valence-corrected chi connectivity index (χ4v) is 3.61. The molecule has 0 saturated heterocycles. The van der Waals surface area contributed by atoms with Gasteiger partial charge in [-0.05, 0) is 38.2 Å². The zero-order valence-electron chi connectivity index (χ0n) is 8.39. The lowest BCUT2D eigenvalue weighted by molar-refractivity contribution is 0.689. The molecule has 1 N–H and O–H groups in total. The van der Waals surface area contributed by atoms with Crippen LogP contribution in [-0.2, 0) is 12.8 Å². The first-order chi connectivity index (χ1) is 6.68. The number of thiol groups is 1. The van der Waals surface area contributed by atoms with Gasteiger partial charge >= 0.3 is 0 Å². The molecule has 3 heteroatoms. The van der Waals surface area contributed by atoms with E-state index in [1.54, 1.807) is 0 Å². The number of aryl methyl sites for hydroxylation is 1. The van der Waals surface area contributed by atoms with Crippen molar-refractivity contribution in [2.45, 2.75) is 37.5 Å². The van der Waals surface area contributed by atoms with Gasteiger partial charge in [-0.1, -0.05) is 6.58 Å². The Morgan fingerprint density at radius 3 is 2.79 bits per heavy atom. The predicted molar refractivity (Wildman–Crippen MR) is 66.6 cm³/mol. The molecular weight excluding hydrogens is 210 g/mol. The summed E-state index contributed by atoms with van der Waals surface area (Å²) >= 11 is 6.42. The van der Waals surface area contributed by atoms with Crippen molar-refractivity contribution in [3.05, 3.63) is 22.7 Å². The highest BCUT2D eigenvalue weighted by atomic mass is 32.1. The Bertz CT molecular complexity index is 366. The van der Waals surface area contributed by atoms with Gasteiger partial charge in [0.15, 0.2) is 0 Å². The van der Waals surface area contributed by atoms with Crippen LogP contribution in [0.4, 0.5) is 5.00 Å². The third-order valence-electron chi connectivity index (χ3n) is 2.47. The highest BCUT2D eigenvalue weighted by molar-refractivity contribution is 7.80. The molecular formula is C11H15NS2. The number of anilines is 1. The van der Waals surface area contributed by atoms with Crippen molar-refractivity contribution >= 4 is 29.0 Å². The van der Waals surface area contributed by atoms with Gasteiger partial charge in [0, 0.05) is 15.5 Å². The summed E-state index contributed by atoms with van der Waals surface area (Å²) in [5.74, 6) is 0. The Morgan fingerprint density at radius 2 is 2.14 bits per heavy atom. The Hall–Kier alpha value is -0.410. The lowest BCUT2D eigenvalue weighted by atomic mass is 9.99. The fourth-order valence-electron chi connectivity index (χ4n) is 1.83. The average Bonchev–Trinajstić information content (AvgIpc) is 2.44. The minimum Gasteiger partial charge on any atom is -0.351 e. The minimum atomic E-state index is 0.985. The number of fused-ring (bicyclic) bond motifs is 1. The van der Waals surface area contributed by atoms with Gasteiger partial charge in [0.1, 0.15) is 5.00 Å². The molecule has 0 bridgehead atoms. The molecule has 0 radical (unpaired) electrons. The number of hydrogen-bond acceptors (Lipinski definition) is 3. The van der Waals surface area contributed by atoms with Gasteiger partial charge in [0.2, 0.25) is 0 Å². The van der Waals surface area contributed by atoms with Gasteiger partial charge in [0.25, 0.3) is 0 Å². The first-order valence-corrected chi connectivity index (χ1v) is 6.21. The molecule has 0 fully saturated rings. The Balaban J connectivity index is 2.33. The van der Waals surface area contributed by atoms with E-state index in [1.165, 1.54) is 41.1 Å². The minimum absolute atomic E-state index is 0.985. The molecule has 0 aromatic carbocycles. The van der Waals surface area contributed by atoms with Crippen molar-refractivity contribution < 1.29 is 0 Å². The van der Waals surface area contributed by atoms with Crippen molar-refractivity contribution in [1.29, 1.82) is 0 Å². The molecule has 2 rings (SSSR count). The maximum absolute atomic E-state index is 4.58. The summed E-state index contributed by atoms with van der Waals surface area (Å²) in [5.41, 5.74) is 2.45. The lowest BCUT2D eigenvalue weighted by Crippen LogP contribution is -1.98. The maximum Gasteiger partial charge on any atom is 0.107 e. The maximum atomic E-state index is 4.58. The van der Waals surface area contributed by atoms with Crippen LogP contribution in [0.25, 0.3) is 0 Å². The normalized spacial score (nSPS) is 15.0. The SMILES string of the molecule is C=C(C)Nc1sc2c(c1S)CCCC2. The van der Waals surface area contributed by atoms with Crippen LogP contribution in [0.15, 0.2) is 17.2 Å². The lowest BCUT2D eigenvalue weighted by Gasteiger charge is -2.10. The first-order valence-electron chi connectivity index (χ1n) is 4.94. The van der Waals surface area contributed by atoms with E-state index < -0.39 is 0 Å². The summed E-state index contributed by atoms with van der Waals surface area (Å²) in [6, 6.07) is 0. The molecule has 1 aliphatic carbocycles. The zero-order valence-corrected chi connectivity index (χ0v) is 10.1. The van der Waals surface area contributed by atoms with E-state index in [4.69, 9.17) is 0 Å². The number of allylic oxidation sites excluding steroid dienone is 1. The molecule has 0 atom stereocenters. The summed E-state index contributed by atoms with van der Waals surface area (Å²) in [6.45, 7) is 5.84. The molecule has 76 valence electrons. The van der Waals surface area contributed by atoms with Gasteiger partial charge in [0.05, 0.1) is 0 Å². The van der Waals surface area contributed by atoms with Crippen LogP contribution < -0.4 is 5.32 Å². The number of hydrogen-bond donors (Lipinski definition) is 2. The van der Waals surface area contributed by atoms with Crippen LogP contribution in [0.5, 0.6) is 0 Å². The molecule has 1 nitrogen and oxygen atoms in total. The topological polar surface area (TPSA) is 12.0 Å². The number of nitrogens with one attached hydrogen (secondary N) is 1. The highest BCUT2D eigenvalue weighted by Gasteiger charge is 2.18. The van der Waals surface area contributed by atoms with Crippen molar-refractivity contribution in [2.75, 3.05) is 5.32 Å². The van der Waals surface area contributed by atoms with E-state index in [0.717, 1.165) is 10.6 Å². The smallest absolute Gasteiger partial charge is 0.107 e. The van der Waals surface area contributed by atoms with Crippen LogP contribution in [0.3, 0.4) is 0 Å². The summed E-state index contributed by atoms with van der Waals surface area (Å²) in [7, 11) is 0. The summed E-state index contributed by atoms with van der Waals surface area (Å²) < 4.78 is 0. The zero-order chi connectivity index (χ0) is 10.1. The van der Waals surface area contributed by atoms with Crippen LogP contribution in [0.2, 0.25) is 0 Å². The molecule has 1 aromatic rings. The van der Waals surface area contributed by atoms with Crippen molar-refractivity contribution in [3.8, 4) is 0 Å². The number of thiophene rings is 1. The van der Waals surface area contributed by atoms with Gasteiger partial charge in [-0.3, -0.25) is 0 Å². The van der Waals surface area contributed by atoms with E-state index in [2.05, 4.69) is 24.5 Å². The largest absolute Gasteiger partial charge is 0.351 e. The molecule has 1 heterocycles. The molecule has 0 saturated carbocycles. The molecule has 0 unspecified atom stereocenters. The molecule has 0 amide bonds. The first kappa shape index (κ1) is 10.1. The molecule has 14 heavy (non-hydrogen) atoms. The third-order valence-corrected chi connectivity index (χ3v) is 4.32. The Morgan fingerprint density at radius 1 is 1.43 bits per heavy atom. The van der Waals surface area contributed by atoms with E-state index in [0.29, 0.717) is 0 Å². The average molecular weight is 225 g/mol. The quantitative estimate of drug-likeness (QED) is 0.728. The van der Waals surface area contributed by atoms with Crippen LogP contribution in [0.1, 0.15) is 30.2 Å². The molecule has 0 spiro atoms. The van der Waals surface area contributed by atoms with Crippen molar-refractivity contribution in [3.63, 3.8) is 0 Å². The molecule has 1 aliphatic rings. The van der Waals surface area contributed by atoms with Crippen molar-refractivity contribution in [1.82, 2.24) is 0 Å². The molecule has 1 aromatic heterocycles. The van der Waals surface area contributed by atoms with E-state index >= 15 is 0 Å². The van der Waals surface area contributed by atoms with Gasteiger partial charge < -0.3 is 5.32 Å². The molecule has 0 aliphatic heterocycles. The Labute approximate surface area is 94.6 Å². The summed E-state index contributed by atoms with van der Waals surface area (Å²) in [4.78, 5) is 2.66. The van der Waals surface area contributed by atoms with Crippen LogP contribution in [-0.4, -0.2) is 0 Å². The van der Waals surface area contributed by atoms with E-state index in [-0.39, 0.29) is 0 Å². The fraction of sp³-hybridized carbons (Fsp3) is 0.455. The predicted octanol–water partition coefficient (Wildman–Crippen LogP) is 3.86. The van der Waals surface area contributed by atoms with Gasteiger partial charge in [-0.2, -0.15) is 0 Å². The van der Waals surface area contributed by atoms with Gasteiger partial charge in [-0.25, -0.2) is 0 Å². The second-order valence-corrected chi connectivity index (χ2v) is 5.35. The third kappa shape index (κ3) is 1.84. The summed E-state index contributed by atoms with van der Waals surface area (Å²) in [5, 5.41) is 4.45. The van der Waals surface area contributed by atoms with Crippen LogP contribution in [0, 0.1) is 0 Å². The van der Waals surface area contributed by atoms with Crippen LogP contribution >= 0.6 is 24.0 Å².